The van der Waals surface area contributed by atoms with Gasteiger partial charge in [-0.2, -0.15) is 0 Å². The highest BCUT2D eigenvalue weighted by molar-refractivity contribution is 6.08. The molecule has 1 saturated heterocycles. The standard InChI is InChI=1S/C18H17FN2O4/c19-13-3-1-12(2-4-13)17(22)20-16-6-5-14(11-15(16)18(23)24)21-7-9-25-10-8-21/h1-6,11H,7-10H2,(H,20,22)(H,23,24). The van der Waals surface area contributed by atoms with Crippen molar-refractivity contribution in [3.05, 3.63) is 59.4 Å². The van der Waals surface area contributed by atoms with E-state index in [0.29, 0.717) is 26.3 Å². The van der Waals surface area contributed by atoms with Gasteiger partial charge in [-0.05, 0) is 42.5 Å². The number of hydrogen-bond donors (Lipinski definition) is 2. The van der Waals surface area contributed by atoms with Crippen molar-refractivity contribution in [1.29, 1.82) is 0 Å². The molecule has 6 nitrogen and oxygen atoms in total. The Morgan fingerprint density at radius 3 is 2.40 bits per heavy atom. The summed E-state index contributed by atoms with van der Waals surface area (Å²) < 4.78 is 18.2. The normalized spacial score (nSPS) is 14.2. The average Bonchev–Trinajstić information content (AvgIpc) is 2.63. The molecule has 3 rings (SSSR count). The second-order valence-electron chi connectivity index (χ2n) is 5.60. The molecule has 25 heavy (non-hydrogen) atoms. The first kappa shape index (κ1) is 16.9. The van der Waals surface area contributed by atoms with Crippen LogP contribution in [0.4, 0.5) is 15.8 Å². The molecule has 0 saturated carbocycles. The smallest absolute Gasteiger partial charge is 0.337 e. The van der Waals surface area contributed by atoms with Crippen LogP contribution in [0.2, 0.25) is 0 Å². The number of morpholine rings is 1. The Labute approximate surface area is 143 Å². The highest BCUT2D eigenvalue weighted by Gasteiger charge is 2.18. The molecule has 0 aliphatic carbocycles. The minimum atomic E-state index is -1.13. The number of benzene rings is 2. The van der Waals surface area contributed by atoms with E-state index in [9.17, 15) is 19.1 Å². The third-order valence-corrected chi connectivity index (χ3v) is 3.96. The van der Waals surface area contributed by atoms with E-state index in [4.69, 9.17) is 4.74 Å². The predicted molar refractivity (Wildman–Crippen MR) is 90.8 cm³/mol. The van der Waals surface area contributed by atoms with Gasteiger partial charge in [-0.3, -0.25) is 4.79 Å². The highest BCUT2D eigenvalue weighted by Crippen LogP contribution is 2.25. The van der Waals surface area contributed by atoms with Crippen LogP contribution in [-0.4, -0.2) is 43.3 Å². The first-order valence-corrected chi connectivity index (χ1v) is 7.81. The number of ether oxygens (including phenoxy) is 1. The van der Waals surface area contributed by atoms with Crippen LogP contribution in [-0.2, 0) is 4.74 Å². The lowest BCUT2D eigenvalue weighted by Gasteiger charge is -2.29. The molecule has 130 valence electrons. The lowest BCUT2D eigenvalue weighted by molar-refractivity contribution is 0.0698. The number of nitrogens with one attached hydrogen (secondary N) is 1. The van der Waals surface area contributed by atoms with Gasteiger partial charge in [-0.1, -0.05) is 0 Å². The zero-order valence-corrected chi connectivity index (χ0v) is 13.4. The van der Waals surface area contributed by atoms with Gasteiger partial charge in [0.25, 0.3) is 5.91 Å². The minimum Gasteiger partial charge on any atom is -0.478 e. The van der Waals surface area contributed by atoms with Gasteiger partial charge in [0.1, 0.15) is 5.82 Å². The lowest BCUT2D eigenvalue weighted by Crippen LogP contribution is -2.36. The van der Waals surface area contributed by atoms with Gasteiger partial charge in [0, 0.05) is 24.3 Å². The van der Waals surface area contributed by atoms with Crippen LogP contribution < -0.4 is 10.2 Å². The molecule has 1 aliphatic heterocycles. The van der Waals surface area contributed by atoms with E-state index >= 15 is 0 Å². The Balaban J connectivity index is 1.83. The van der Waals surface area contributed by atoms with E-state index < -0.39 is 17.7 Å². The molecular formula is C18H17FN2O4. The molecule has 0 aromatic heterocycles. The molecule has 1 fully saturated rings. The molecule has 1 amide bonds. The van der Waals surface area contributed by atoms with Crippen molar-refractivity contribution in [3.63, 3.8) is 0 Å². The van der Waals surface area contributed by atoms with E-state index in [1.54, 1.807) is 12.1 Å². The Morgan fingerprint density at radius 2 is 1.76 bits per heavy atom. The molecule has 2 aromatic rings. The fraction of sp³-hybridized carbons (Fsp3) is 0.222. The van der Waals surface area contributed by atoms with Crippen molar-refractivity contribution >= 4 is 23.3 Å². The van der Waals surface area contributed by atoms with Crippen LogP contribution in [0.3, 0.4) is 0 Å². The molecule has 7 heteroatoms. The van der Waals surface area contributed by atoms with Crippen molar-refractivity contribution in [2.45, 2.75) is 0 Å². The maximum absolute atomic E-state index is 12.9. The Hall–Kier alpha value is -2.93. The molecule has 0 radical (unpaired) electrons. The van der Waals surface area contributed by atoms with Gasteiger partial charge in [0.2, 0.25) is 0 Å². The van der Waals surface area contributed by atoms with Gasteiger partial charge in [-0.15, -0.1) is 0 Å². The van der Waals surface area contributed by atoms with Crippen LogP contribution in [0.15, 0.2) is 42.5 Å². The summed E-state index contributed by atoms with van der Waals surface area (Å²) in [5.74, 6) is -2.08. The van der Waals surface area contributed by atoms with Gasteiger partial charge in [0.05, 0.1) is 24.5 Å². The topological polar surface area (TPSA) is 78.9 Å². The molecule has 2 aromatic carbocycles. The SMILES string of the molecule is O=C(Nc1ccc(N2CCOCC2)cc1C(=O)O)c1ccc(F)cc1. The summed E-state index contributed by atoms with van der Waals surface area (Å²) in [7, 11) is 0. The van der Waals surface area contributed by atoms with E-state index in [2.05, 4.69) is 5.32 Å². The monoisotopic (exact) mass is 344 g/mol. The van der Waals surface area contributed by atoms with Crippen LogP contribution in [0.25, 0.3) is 0 Å². The molecule has 0 unspecified atom stereocenters. The molecule has 2 N–H and O–H groups in total. The number of amides is 1. The third kappa shape index (κ3) is 3.95. The number of carboxylic acid groups (broad SMARTS) is 1. The highest BCUT2D eigenvalue weighted by atomic mass is 19.1. The summed E-state index contributed by atoms with van der Waals surface area (Å²) in [5, 5.41) is 12.0. The van der Waals surface area contributed by atoms with Gasteiger partial charge in [-0.25, -0.2) is 9.18 Å². The Kier molecular flexibility index (Phi) is 4.95. The number of anilines is 2. The fourth-order valence-corrected chi connectivity index (χ4v) is 2.63. The summed E-state index contributed by atoms with van der Waals surface area (Å²) in [5.41, 5.74) is 1.20. The molecule has 0 spiro atoms. The predicted octanol–water partition coefficient (Wildman–Crippen LogP) is 2.61. The minimum absolute atomic E-state index is 0.000506. The summed E-state index contributed by atoms with van der Waals surface area (Å²) in [4.78, 5) is 25.8. The van der Waals surface area contributed by atoms with E-state index in [1.165, 1.54) is 30.3 Å². The average molecular weight is 344 g/mol. The van der Waals surface area contributed by atoms with Crippen LogP contribution in [0, 0.1) is 5.82 Å². The van der Waals surface area contributed by atoms with E-state index in [-0.39, 0.29) is 16.8 Å². The second kappa shape index (κ2) is 7.31. The quantitative estimate of drug-likeness (QED) is 0.891. The summed E-state index contributed by atoms with van der Waals surface area (Å²) in [6, 6.07) is 9.89. The summed E-state index contributed by atoms with van der Waals surface area (Å²) in [6.45, 7) is 2.54. The van der Waals surface area contributed by atoms with Gasteiger partial charge >= 0.3 is 5.97 Å². The summed E-state index contributed by atoms with van der Waals surface area (Å²) in [6.07, 6.45) is 0. The molecule has 0 bridgehead atoms. The third-order valence-electron chi connectivity index (χ3n) is 3.96. The zero-order chi connectivity index (χ0) is 17.8. The van der Waals surface area contributed by atoms with Crippen molar-refractivity contribution in [1.82, 2.24) is 0 Å². The molecular weight excluding hydrogens is 327 g/mol. The number of nitrogens with zero attached hydrogens (tertiary/aromatic N) is 1. The first-order chi connectivity index (χ1) is 12.0. The largest absolute Gasteiger partial charge is 0.478 e. The molecule has 1 heterocycles. The van der Waals surface area contributed by atoms with Crippen LogP contribution in [0.5, 0.6) is 0 Å². The van der Waals surface area contributed by atoms with Crippen molar-refractivity contribution in [2.75, 3.05) is 36.5 Å². The fourth-order valence-electron chi connectivity index (χ4n) is 2.63. The van der Waals surface area contributed by atoms with Crippen LogP contribution in [0.1, 0.15) is 20.7 Å². The molecule has 1 aliphatic rings. The number of hydrogen-bond acceptors (Lipinski definition) is 4. The second-order valence-corrected chi connectivity index (χ2v) is 5.60. The van der Waals surface area contributed by atoms with Gasteiger partial charge < -0.3 is 20.1 Å². The number of rotatable bonds is 4. The van der Waals surface area contributed by atoms with Crippen molar-refractivity contribution in [3.8, 4) is 0 Å². The Morgan fingerprint density at radius 1 is 1.08 bits per heavy atom. The van der Waals surface area contributed by atoms with E-state index in [0.717, 1.165) is 5.69 Å². The van der Waals surface area contributed by atoms with E-state index in [1.807, 2.05) is 4.90 Å². The molecule has 0 atom stereocenters. The summed E-state index contributed by atoms with van der Waals surface area (Å²) >= 11 is 0. The maximum atomic E-state index is 12.9. The lowest BCUT2D eigenvalue weighted by atomic mass is 10.1. The van der Waals surface area contributed by atoms with Crippen LogP contribution >= 0.6 is 0 Å². The number of halogens is 1. The number of carbonyl (C=O) groups is 2. The van der Waals surface area contributed by atoms with Crippen molar-refractivity contribution < 1.29 is 23.8 Å². The Bertz CT molecular complexity index is 786. The number of carbonyl (C=O) groups excluding carboxylic acids is 1. The first-order valence-electron chi connectivity index (χ1n) is 7.81. The van der Waals surface area contributed by atoms with Crippen molar-refractivity contribution in [2.24, 2.45) is 0 Å². The zero-order valence-electron chi connectivity index (χ0n) is 13.4. The number of carboxylic acids is 1. The van der Waals surface area contributed by atoms with Gasteiger partial charge in [0.15, 0.2) is 0 Å². The maximum Gasteiger partial charge on any atom is 0.337 e. The number of aromatic carboxylic acids is 1.